The number of furan rings is 1. The van der Waals surface area contributed by atoms with Gasteiger partial charge < -0.3 is 14.6 Å². The van der Waals surface area contributed by atoms with Gasteiger partial charge in [-0.1, -0.05) is 28.1 Å². The lowest BCUT2D eigenvalue weighted by atomic mass is 9.95. The molecule has 0 aliphatic carbocycles. The summed E-state index contributed by atoms with van der Waals surface area (Å²) in [7, 11) is 0. The Labute approximate surface area is 188 Å². The van der Waals surface area contributed by atoms with Crippen LogP contribution in [0.1, 0.15) is 29.0 Å². The average molecular weight is 485 g/mol. The van der Waals surface area contributed by atoms with Gasteiger partial charge in [-0.3, -0.25) is 9.59 Å². The minimum atomic E-state index is -0.368. The van der Waals surface area contributed by atoms with Gasteiger partial charge in [-0.2, -0.15) is 0 Å². The minimum Gasteiger partial charge on any atom is -0.459 e. The molecule has 2 heterocycles. The number of carbonyl (C=O) groups excluding carboxylic acids is 2. The second-order valence-corrected chi connectivity index (χ2v) is 8.48. The molecule has 0 saturated carbocycles. The fourth-order valence-electron chi connectivity index (χ4n) is 3.68. The van der Waals surface area contributed by atoms with Gasteiger partial charge in [-0.15, -0.1) is 0 Å². The van der Waals surface area contributed by atoms with Crippen molar-refractivity contribution in [2.24, 2.45) is 5.92 Å². The number of hydrogen-bond donors (Lipinski definition) is 1. The zero-order valence-corrected chi connectivity index (χ0v) is 18.4. The van der Waals surface area contributed by atoms with Crippen LogP contribution in [0.5, 0.6) is 0 Å². The number of halogens is 2. The molecule has 3 aromatic rings. The van der Waals surface area contributed by atoms with Crippen molar-refractivity contribution < 1.29 is 18.4 Å². The molecule has 4 rings (SSSR count). The third-order valence-electron chi connectivity index (χ3n) is 5.47. The highest BCUT2D eigenvalue weighted by molar-refractivity contribution is 9.10. The number of piperidine rings is 1. The van der Waals surface area contributed by atoms with E-state index in [2.05, 4.69) is 21.2 Å². The Bertz CT molecular complexity index is 1060. The third kappa shape index (κ3) is 5.22. The highest BCUT2D eigenvalue weighted by Crippen LogP contribution is 2.24. The Kier molecular flexibility index (Phi) is 6.51. The van der Waals surface area contributed by atoms with Gasteiger partial charge in [0.25, 0.3) is 5.91 Å². The maximum Gasteiger partial charge on any atom is 0.253 e. The first-order valence-electron chi connectivity index (χ1n) is 10.2. The van der Waals surface area contributed by atoms with E-state index in [1.165, 1.54) is 24.3 Å². The van der Waals surface area contributed by atoms with E-state index < -0.39 is 0 Å². The number of carbonyl (C=O) groups is 2. The molecule has 1 saturated heterocycles. The van der Waals surface area contributed by atoms with Gasteiger partial charge >= 0.3 is 0 Å². The van der Waals surface area contributed by atoms with E-state index in [-0.39, 0.29) is 23.5 Å². The molecule has 5 nitrogen and oxygen atoms in total. The van der Waals surface area contributed by atoms with Crippen LogP contribution in [0.25, 0.3) is 11.3 Å². The molecule has 7 heteroatoms. The molecule has 0 bridgehead atoms. The molecule has 2 aromatic carbocycles. The number of nitrogens with one attached hydrogen (secondary N) is 1. The molecular weight excluding hydrogens is 463 g/mol. The molecule has 1 aliphatic rings. The molecule has 0 atom stereocenters. The molecule has 1 N–H and O–H groups in total. The lowest BCUT2D eigenvalue weighted by molar-refractivity contribution is -0.126. The summed E-state index contributed by atoms with van der Waals surface area (Å²) in [6.45, 7) is 1.33. The van der Waals surface area contributed by atoms with E-state index in [0.717, 1.165) is 15.8 Å². The molecule has 1 fully saturated rings. The fourth-order valence-corrected chi connectivity index (χ4v) is 3.94. The summed E-state index contributed by atoms with van der Waals surface area (Å²) in [5, 5.41) is 2.94. The van der Waals surface area contributed by atoms with Crippen molar-refractivity contribution in [1.82, 2.24) is 10.2 Å². The minimum absolute atomic E-state index is 0.0320. The number of amides is 2. The standard InChI is InChI=1S/C24H22BrFN2O3/c25-19-5-1-16(2-6-19)22-10-9-21(31-22)15-27-23(29)17-11-13-28(14-12-17)24(30)18-3-7-20(26)8-4-18/h1-10,17H,11-15H2,(H,27,29). The summed E-state index contributed by atoms with van der Waals surface area (Å²) in [5.41, 5.74) is 1.43. The van der Waals surface area contributed by atoms with Crippen molar-refractivity contribution >= 4 is 27.7 Å². The van der Waals surface area contributed by atoms with Crippen molar-refractivity contribution in [3.05, 3.63) is 82.3 Å². The second-order valence-electron chi connectivity index (χ2n) is 7.56. The lowest BCUT2D eigenvalue weighted by Crippen LogP contribution is -2.42. The van der Waals surface area contributed by atoms with Crippen molar-refractivity contribution in [2.45, 2.75) is 19.4 Å². The maximum atomic E-state index is 13.1. The number of nitrogens with zero attached hydrogens (tertiary/aromatic N) is 1. The zero-order valence-electron chi connectivity index (χ0n) is 16.8. The topological polar surface area (TPSA) is 62.6 Å². The van der Waals surface area contributed by atoms with Gasteiger partial charge in [0.2, 0.25) is 5.91 Å². The van der Waals surface area contributed by atoms with Crippen molar-refractivity contribution in [3.63, 3.8) is 0 Å². The molecule has 160 valence electrons. The van der Waals surface area contributed by atoms with Gasteiger partial charge in [0.1, 0.15) is 17.3 Å². The summed E-state index contributed by atoms with van der Waals surface area (Å²) >= 11 is 3.41. The van der Waals surface area contributed by atoms with Crippen LogP contribution >= 0.6 is 15.9 Å². The summed E-state index contributed by atoms with van der Waals surface area (Å²) in [5.74, 6) is 0.774. The van der Waals surface area contributed by atoms with E-state index in [4.69, 9.17) is 4.42 Å². The normalized spacial score (nSPS) is 14.5. The van der Waals surface area contributed by atoms with Crippen LogP contribution in [0.2, 0.25) is 0 Å². The van der Waals surface area contributed by atoms with Crippen LogP contribution in [0, 0.1) is 11.7 Å². The predicted molar refractivity (Wildman–Crippen MR) is 119 cm³/mol. The first-order chi connectivity index (χ1) is 15.0. The second kappa shape index (κ2) is 9.47. The van der Waals surface area contributed by atoms with E-state index >= 15 is 0 Å². The van der Waals surface area contributed by atoms with Crippen LogP contribution in [-0.4, -0.2) is 29.8 Å². The zero-order chi connectivity index (χ0) is 21.8. The first kappa shape index (κ1) is 21.3. The van der Waals surface area contributed by atoms with Crippen LogP contribution in [0.3, 0.4) is 0 Å². The van der Waals surface area contributed by atoms with Gasteiger partial charge in [0.15, 0.2) is 0 Å². The molecule has 0 unspecified atom stereocenters. The van der Waals surface area contributed by atoms with Gasteiger partial charge in [0, 0.05) is 34.6 Å². The predicted octanol–water partition coefficient (Wildman–Crippen LogP) is 5.02. The van der Waals surface area contributed by atoms with E-state index in [0.29, 0.717) is 43.8 Å². The van der Waals surface area contributed by atoms with Crippen molar-refractivity contribution in [2.75, 3.05) is 13.1 Å². The first-order valence-corrected chi connectivity index (χ1v) is 11.0. The quantitative estimate of drug-likeness (QED) is 0.553. The van der Waals surface area contributed by atoms with Crippen molar-refractivity contribution in [3.8, 4) is 11.3 Å². The summed E-state index contributed by atoms with van der Waals surface area (Å²) in [4.78, 5) is 26.8. The van der Waals surface area contributed by atoms with E-state index in [9.17, 15) is 14.0 Å². The largest absolute Gasteiger partial charge is 0.459 e. The van der Waals surface area contributed by atoms with Crippen LogP contribution in [-0.2, 0) is 11.3 Å². The SMILES string of the molecule is O=C(NCc1ccc(-c2ccc(Br)cc2)o1)C1CCN(C(=O)c2ccc(F)cc2)CC1. The third-order valence-corrected chi connectivity index (χ3v) is 6.00. The average Bonchev–Trinajstić information content (AvgIpc) is 3.27. The highest BCUT2D eigenvalue weighted by atomic mass is 79.9. The van der Waals surface area contributed by atoms with Gasteiger partial charge in [-0.25, -0.2) is 4.39 Å². The lowest BCUT2D eigenvalue weighted by Gasteiger charge is -2.31. The Hall–Kier alpha value is -2.93. The molecule has 1 aromatic heterocycles. The van der Waals surface area contributed by atoms with Crippen LogP contribution in [0.4, 0.5) is 4.39 Å². The molecule has 1 aliphatic heterocycles. The van der Waals surface area contributed by atoms with Gasteiger partial charge in [-0.05, 0) is 61.4 Å². The van der Waals surface area contributed by atoms with Crippen LogP contribution in [0.15, 0.2) is 69.6 Å². The molecule has 0 spiro atoms. The fraction of sp³-hybridized carbons (Fsp3) is 0.250. The Morgan fingerprint density at radius 1 is 1.00 bits per heavy atom. The van der Waals surface area contributed by atoms with E-state index in [1.54, 1.807) is 4.90 Å². The maximum absolute atomic E-state index is 13.1. The smallest absolute Gasteiger partial charge is 0.253 e. The number of likely N-dealkylation sites (tertiary alicyclic amines) is 1. The molecule has 2 amide bonds. The van der Waals surface area contributed by atoms with Crippen LogP contribution < -0.4 is 5.32 Å². The molecule has 0 radical (unpaired) electrons. The number of hydrogen-bond acceptors (Lipinski definition) is 3. The van der Waals surface area contributed by atoms with Crippen molar-refractivity contribution in [1.29, 1.82) is 0 Å². The Morgan fingerprint density at radius 3 is 2.35 bits per heavy atom. The monoisotopic (exact) mass is 484 g/mol. The summed E-state index contributed by atoms with van der Waals surface area (Å²) in [6, 6.07) is 17.1. The molecule has 31 heavy (non-hydrogen) atoms. The number of rotatable bonds is 5. The summed E-state index contributed by atoms with van der Waals surface area (Å²) < 4.78 is 19.9. The van der Waals surface area contributed by atoms with E-state index in [1.807, 2.05) is 36.4 Å². The van der Waals surface area contributed by atoms with Gasteiger partial charge in [0.05, 0.1) is 6.54 Å². The summed E-state index contributed by atoms with van der Waals surface area (Å²) in [6.07, 6.45) is 1.20. The number of benzene rings is 2. The Balaban J connectivity index is 1.26. The Morgan fingerprint density at radius 2 is 1.68 bits per heavy atom. The highest BCUT2D eigenvalue weighted by Gasteiger charge is 2.27. The molecular formula is C24H22BrFN2O3.